The Kier molecular flexibility index (Phi) is 4.40. The van der Waals surface area contributed by atoms with Gasteiger partial charge in [-0.15, -0.1) is 0 Å². The summed E-state index contributed by atoms with van der Waals surface area (Å²) in [5, 5.41) is 0. The van der Waals surface area contributed by atoms with Crippen LogP contribution in [-0.4, -0.2) is 17.5 Å². The minimum absolute atomic E-state index is 0.0146. The van der Waals surface area contributed by atoms with Crippen molar-refractivity contribution in [2.24, 2.45) is 34.5 Å². The molecular weight excluding hydrogens is 340 g/mol. The van der Waals surface area contributed by atoms with E-state index in [1.807, 2.05) is 0 Å². The number of ether oxygens (including phenoxy) is 1. The van der Waals surface area contributed by atoms with E-state index in [0.717, 1.165) is 50.5 Å². The second kappa shape index (κ2) is 6.28. The molecular formula is C23H32O4. The SMILES string of the molecule is CC[C@@H]1CC(=O)[C@@]2(C)CC[C@H]3[C@@H](CCC4=C(OC(C)=O)C(=O)CC[C@@]43C)[C@H]12. The maximum atomic E-state index is 12.8. The Balaban J connectivity index is 1.74. The monoisotopic (exact) mass is 372 g/mol. The van der Waals surface area contributed by atoms with Crippen LogP contribution >= 0.6 is 0 Å². The lowest BCUT2D eigenvalue weighted by atomic mass is 9.46. The van der Waals surface area contributed by atoms with Crippen LogP contribution in [0.15, 0.2) is 11.3 Å². The summed E-state index contributed by atoms with van der Waals surface area (Å²) >= 11 is 0. The van der Waals surface area contributed by atoms with E-state index in [1.165, 1.54) is 6.92 Å². The van der Waals surface area contributed by atoms with Crippen molar-refractivity contribution < 1.29 is 19.1 Å². The number of fused-ring (bicyclic) bond motifs is 5. The molecule has 0 bridgehead atoms. The van der Waals surface area contributed by atoms with Gasteiger partial charge < -0.3 is 4.74 Å². The summed E-state index contributed by atoms with van der Waals surface area (Å²) in [5.74, 6) is 2.41. The highest BCUT2D eigenvalue weighted by Gasteiger charge is 2.62. The first kappa shape index (κ1) is 18.9. The fourth-order valence-corrected chi connectivity index (χ4v) is 7.37. The molecule has 0 aromatic rings. The number of Topliss-reactive ketones (excluding diaryl/α,β-unsaturated/α-hetero) is 2. The fraction of sp³-hybridized carbons (Fsp3) is 0.783. The molecule has 0 aromatic carbocycles. The van der Waals surface area contributed by atoms with E-state index in [0.29, 0.717) is 41.6 Å². The average Bonchev–Trinajstić information content (AvgIpc) is 2.88. The Labute approximate surface area is 162 Å². The standard InChI is InChI=1S/C23H32O4/c1-5-14-12-19(26)23(4)10-8-16-15(20(14)23)6-7-17-21(27-13(2)24)18(25)9-11-22(16,17)3/h14-16,20H,5-12H2,1-4H3/t14-,15-,16+,20+,22-,23-/m1/s1. The van der Waals surface area contributed by atoms with Crippen LogP contribution in [0.3, 0.4) is 0 Å². The van der Waals surface area contributed by atoms with E-state index in [2.05, 4.69) is 20.8 Å². The Morgan fingerprint density at radius 3 is 2.52 bits per heavy atom. The first-order chi connectivity index (χ1) is 12.7. The lowest BCUT2D eigenvalue weighted by Crippen LogP contribution is -2.52. The van der Waals surface area contributed by atoms with E-state index in [-0.39, 0.29) is 16.6 Å². The quantitative estimate of drug-likeness (QED) is 0.664. The highest BCUT2D eigenvalue weighted by atomic mass is 16.5. The van der Waals surface area contributed by atoms with Crippen molar-refractivity contribution >= 4 is 17.5 Å². The number of hydrogen-bond acceptors (Lipinski definition) is 4. The summed E-state index contributed by atoms with van der Waals surface area (Å²) in [7, 11) is 0. The minimum atomic E-state index is -0.402. The lowest BCUT2D eigenvalue weighted by Gasteiger charge is -2.57. The number of allylic oxidation sites excluding steroid dienone is 1. The van der Waals surface area contributed by atoms with Crippen LogP contribution in [0.5, 0.6) is 0 Å². The molecule has 0 saturated heterocycles. The Bertz CT molecular complexity index is 735. The molecule has 0 heterocycles. The van der Waals surface area contributed by atoms with Gasteiger partial charge in [0.05, 0.1) is 0 Å². The zero-order valence-corrected chi connectivity index (χ0v) is 17.1. The predicted molar refractivity (Wildman–Crippen MR) is 102 cm³/mol. The number of carbonyl (C=O) groups is 3. The van der Waals surface area contributed by atoms with E-state index in [9.17, 15) is 14.4 Å². The van der Waals surface area contributed by atoms with Crippen molar-refractivity contribution in [3.8, 4) is 0 Å². The highest BCUT2D eigenvalue weighted by molar-refractivity contribution is 5.97. The predicted octanol–water partition coefficient (Wildman–Crippen LogP) is 4.61. The number of ketones is 2. The molecule has 0 unspecified atom stereocenters. The first-order valence-electron chi connectivity index (χ1n) is 10.7. The second-order valence-electron chi connectivity index (χ2n) is 9.83. The van der Waals surface area contributed by atoms with Gasteiger partial charge in [0.1, 0.15) is 5.78 Å². The van der Waals surface area contributed by atoms with Gasteiger partial charge in [0.2, 0.25) is 0 Å². The molecule has 4 nitrogen and oxygen atoms in total. The van der Waals surface area contributed by atoms with Crippen molar-refractivity contribution in [2.75, 3.05) is 0 Å². The van der Waals surface area contributed by atoms with Gasteiger partial charge in [-0.25, -0.2) is 0 Å². The smallest absolute Gasteiger partial charge is 0.308 e. The van der Waals surface area contributed by atoms with Gasteiger partial charge in [-0.05, 0) is 66.8 Å². The molecule has 0 radical (unpaired) electrons. The zero-order chi connectivity index (χ0) is 19.6. The van der Waals surface area contributed by atoms with Crippen LogP contribution in [0.1, 0.15) is 79.1 Å². The normalized spacial score (nSPS) is 43.9. The molecule has 3 saturated carbocycles. The topological polar surface area (TPSA) is 60.4 Å². The molecule has 6 atom stereocenters. The van der Waals surface area contributed by atoms with E-state index in [4.69, 9.17) is 4.74 Å². The van der Waals surface area contributed by atoms with Gasteiger partial charge >= 0.3 is 5.97 Å². The second-order valence-corrected chi connectivity index (χ2v) is 9.83. The Hall–Kier alpha value is -1.45. The largest absolute Gasteiger partial charge is 0.423 e. The Morgan fingerprint density at radius 2 is 1.85 bits per heavy atom. The fourth-order valence-electron chi connectivity index (χ4n) is 7.37. The minimum Gasteiger partial charge on any atom is -0.423 e. The summed E-state index contributed by atoms with van der Waals surface area (Å²) in [4.78, 5) is 36.9. The van der Waals surface area contributed by atoms with Gasteiger partial charge in [-0.2, -0.15) is 0 Å². The maximum absolute atomic E-state index is 12.8. The maximum Gasteiger partial charge on any atom is 0.308 e. The molecule has 4 aliphatic carbocycles. The van der Waals surface area contributed by atoms with Gasteiger partial charge in [0, 0.05) is 25.2 Å². The molecule has 27 heavy (non-hydrogen) atoms. The third-order valence-corrected chi connectivity index (χ3v) is 8.69. The first-order valence-corrected chi connectivity index (χ1v) is 10.7. The molecule has 148 valence electrons. The van der Waals surface area contributed by atoms with Crippen LogP contribution in [-0.2, 0) is 19.1 Å². The van der Waals surface area contributed by atoms with Crippen LogP contribution in [0.4, 0.5) is 0 Å². The summed E-state index contributed by atoms with van der Waals surface area (Å²) in [6.07, 6.45) is 6.98. The van der Waals surface area contributed by atoms with Crippen molar-refractivity contribution in [1.82, 2.24) is 0 Å². The van der Waals surface area contributed by atoms with Crippen LogP contribution in [0.2, 0.25) is 0 Å². The van der Waals surface area contributed by atoms with Crippen LogP contribution < -0.4 is 0 Å². The van der Waals surface area contributed by atoms with Gasteiger partial charge in [0.25, 0.3) is 0 Å². The van der Waals surface area contributed by atoms with E-state index < -0.39 is 5.97 Å². The highest BCUT2D eigenvalue weighted by Crippen LogP contribution is 2.66. The summed E-state index contributed by atoms with van der Waals surface area (Å²) in [6.45, 7) is 8.10. The summed E-state index contributed by atoms with van der Waals surface area (Å²) < 4.78 is 5.42. The third-order valence-electron chi connectivity index (χ3n) is 8.69. The molecule has 0 spiro atoms. The van der Waals surface area contributed by atoms with Crippen molar-refractivity contribution in [3.63, 3.8) is 0 Å². The van der Waals surface area contributed by atoms with Crippen molar-refractivity contribution in [2.45, 2.75) is 79.1 Å². The number of esters is 1. The molecule has 0 aromatic heterocycles. The molecule has 0 N–H and O–H groups in total. The van der Waals surface area contributed by atoms with E-state index in [1.54, 1.807) is 0 Å². The lowest BCUT2D eigenvalue weighted by molar-refractivity contribution is -0.143. The molecule has 0 aliphatic heterocycles. The molecule has 4 heteroatoms. The van der Waals surface area contributed by atoms with Gasteiger partial charge in [0.15, 0.2) is 11.5 Å². The summed E-state index contributed by atoms with van der Waals surface area (Å²) in [6, 6.07) is 0. The van der Waals surface area contributed by atoms with Crippen molar-refractivity contribution in [1.29, 1.82) is 0 Å². The Morgan fingerprint density at radius 1 is 1.11 bits per heavy atom. The average molecular weight is 373 g/mol. The number of carbonyl (C=O) groups excluding carboxylic acids is 3. The number of rotatable bonds is 2. The third kappa shape index (κ3) is 2.58. The molecule has 4 aliphatic rings. The van der Waals surface area contributed by atoms with Crippen LogP contribution in [0, 0.1) is 34.5 Å². The summed E-state index contributed by atoms with van der Waals surface area (Å²) in [5.41, 5.74) is 0.853. The van der Waals surface area contributed by atoms with Gasteiger partial charge in [-0.3, -0.25) is 14.4 Å². The van der Waals surface area contributed by atoms with Crippen LogP contribution in [0.25, 0.3) is 0 Å². The van der Waals surface area contributed by atoms with E-state index >= 15 is 0 Å². The zero-order valence-electron chi connectivity index (χ0n) is 17.1. The molecule has 0 amide bonds. The molecule has 3 fully saturated rings. The van der Waals surface area contributed by atoms with Crippen molar-refractivity contribution in [3.05, 3.63) is 11.3 Å². The van der Waals surface area contributed by atoms with Gasteiger partial charge in [-0.1, -0.05) is 27.2 Å². The molecule has 4 rings (SSSR count). The number of hydrogen-bond donors (Lipinski definition) is 0.